The van der Waals surface area contributed by atoms with Crippen molar-refractivity contribution in [1.29, 1.82) is 0 Å². The van der Waals surface area contributed by atoms with E-state index < -0.39 is 59.9 Å². The molecule has 0 saturated carbocycles. The number of ether oxygens (including phenoxy) is 2. The molecule has 7 atom stereocenters. The van der Waals surface area contributed by atoms with Crippen LogP contribution in [0.15, 0.2) is 24.3 Å². The number of carbonyl (C=O) groups excluding carboxylic acids is 1. The van der Waals surface area contributed by atoms with Gasteiger partial charge < -0.3 is 35.2 Å². The van der Waals surface area contributed by atoms with Gasteiger partial charge in [0.2, 0.25) is 5.91 Å². The first-order valence-electron chi connectivity index (χ1n) is 23.7. The van der Waals surface area contributed by atoms with Gasteiger partial charge in [0.25, 0.3) is 0 Å². The maximum absolute atomic E-state index is 13.0. The van der Waals surface area contributed by atoms with Crippen molar-refractivity contribution < 1.29 is 51.8 Å². The lowest BCUT2D eigenvalue weighted by molar-refractivity contribution is -0.298. The predicted octanol–water partition coefficient (Wildman–Crippen LogP) is 9.33. The third-order valence-electron chi connectivity index (χ3n) is 11.2. The van der Waals surface area contributed by atoms with Gasteiger partial charge in [0, 0.05) is 6.42 Å². The molecule has 12 nitrogen and oxygen atoms in total. The summed E-state index contributed by atoms with van der Waals surface area (Å²) in [6.07, 6.45) is 33.6. The summed E-state index contributed by atoms with van der Waals surface area (Å²) in [5.74, 6) is -0.267. The van der Waals surface area contributed by atoms with Gasteiger partial charge in [-0.25, -0.2) is 4.18 Å². The number of nitrogens with one attached hydrogen (secondary N) is 1. The maximum Gasteiger partial charge on any atom is 0.397 e. The molecule has 0 aromatic heterocycles. The fourth-order valence-corrected chi connectivity index (χ4v) is 8.02. The van der Waals surface area contributed by atoms with Crippen molar-refractivity contribution in [2.75, 3.05) is 13.2 Å². The summed E-state index contributed by atoms with van der Waals surface area (Å²) < 4.78 is 47.6. The van der Waals surface area contributed by atoms with E-state index in [4.69, 9.17) is 9.47 Å². The molecule has 1 aliphatic heterocycles. The van der Waals surface area contributed by atoms with Gasteiger partial charge in [0.15, 0.2) is 6.29 Å². The first-order chi connectivity index (χ1) is 28.5. The molecule has 0 aromatic rings. The molecular weight excluding hydrogens is 775 g/mol. The third-order valence-corrected chi connectivity index (χ3v) is 11.7. The SMILES string of the molecule is CCCCCCCCCCC/C=C\CCCCCCCCCC(=O)NC(COC1OC(CO)C(O)C(OS(=O)(=O)O)C1O)C(O)/C=C/CCCCCCCCCCCC. The van der Waals surface area contributed by atoms with Crippen molar-refractivity contribution >= 4 is 16.3 Å². The van der Waals surface area contributed by atoms with E-state index in [1.165, 1.54) is 135 Å². The quantitative estimate of drug-likeness (QED) is 0.0195. The number of hydrogen-bond donors (Lipinski definition) is 6. The first kappa shape index (κ1) is 55.6. The van der Waals surface area contributed by atoms with E-state index in [-0.39, 0.29) is 18.9 Å². The van der Waals surface area contributed by atoms with Crippen molar-refractivity contribution in [2.24, 2.45) is 0 Å². The summed E-state index contributed by atoms with van der Waals surface area (Å²) in [6, 6.07) is -0.943. The van der Waals surface area contributed by atoms with Gasteiger partial charge in [-0.3, -0.25) is 9.35 Å². The smallest absolute Gasteiger partial charge is 0.394 e. The van der Waals surface area contributed by atoms with Crippen LogP contribution in [-0.2, 0) is 28.9 Å². The lowest BCUT2D eigenvalue weighted by Crippen LogP contribution is -2.61. The zero-order valence-corrected chi connectivity index (χ0v) is 37.9. The van der Waals surface area contributed by atoms with Crippen LogP contribution in [0.1, 0.15) is 206 Å². The molecule has 1 fully saturated rings. The van der Waals surface area contributed by atoms with E-state index in [0.717, 1.165) is 44.9 Å². The average molecular weight is 862 g/mol. The van der Waals surface area contributed by atoms with E-state index >= 15 is 0 Å². The first-order valence-corrected chi connectivity index (χ1v) is 25.1. The Hall–Kier alpha value is -1.42. The normalized spacial score (nSPS) is 21.1. The average Bonchev–Trinajstić information content (AvgIpc) is 3.20. The van der Waals surface area contributed by atoms with E-state index in [9.17, 15) is 38.2 Å². The van der Waals surface area contributed by atoms with Gasteiger partial charge in [0.05, 0.1) is 25.4 Å². The monoisotopic (exact) mass is 862 g/mol. The van der Waals surface area contributed by atoms with Gasteiger partial charge in [-0.15, -0.1) is 0 Å². The van der Waals surface area contributed by atoms with Crippen LogP contribution in [0.3, 0.4) is 0 Å². The van der Waals surface area contributed by atoms with Gasteiger partial charge >= 0.3 is 10.4 Å². The molecule has 0 bridgehead atoms. The lowest BCUT2D eigenvalue weighted by atomic mass is 9.99. The van der Waals surface area contributed by atoms with Gasteiger partial charge in [0.1, 0.15) is 24.4 Å². The highest BCUT2D eigenvalue weighted by atomic mass is 32.3. The Morgan fingerprint density at radius 3 is 1.53 bits per heavy atom. The molecule has 1 aliphatic rings. The van der Waals surface area contributed by atoms with Crippen LogP contribution in [-0.4, -0.2) is 95.4 Å². The maximum atomic E-state index is 13.0. The van der Waals surface area contributed by atoms with Gasteiger partial charge in [-0.05, 0) is 44.9 Å². The molecule has 0 aromatic carbocycles. The molecule has 348 valence electrons. The van der Waals surface area contributed by atoms with Crippen molar-refractivity contribution in [3.63, 3.8) is 0 Å². The molecule has 1 saturated heterocycles. The standard InChI is InChI=1S/C46H87NO11S/c1-3-5-7-9-11-13-15-17-18-19-20-21-22-23-24-26-28-30-32-34-36-42(50)47-39(40(49)35-33-31-29-27-25-16-14-12-10-8-6-4-2)38-56-46-44(52)45(58-59(53,54)55)43(51)41(37-48)57-46/h20-21,33,35,39-41,43-46,48-49,51-52H,3-19,22-32,34,36-38H2,1-2H3,(H,47,50)(H,53,54,55)/b21-20-,35-33+. The number of allylic oxidation sites excluding steroid dienone is 3. The lowest BCUT2D eigenvalue weighted by Gasteiger charge is -2.41. The second kappa shape index (κ2) is 37.2. The number of hydrogen-bond acceptors (Lipinski definition) is 10. The van der Waals surface area contributed by atoms with Crippen LogP contribution in [0.4, 0.5) is 0 Å². The third kappa shape index (κ3) is 30.3. The highest BCUT2D eigenvalue weighted by Gasteiger charge is 2.48. The van der Waals surface area contributed by atoms with Crippen molar-refractivity contribution in [3.05, 3.63) is 24.3 Å². The Balaban J connectivity index is 2.47. The van der Waals surface area contributed by atoms with Crippen molar-refractivity contribution in [3.8, 4) is 0 Å². The van der Waals surface area contributed by atoms with Crippen LogP contribution < -0.4 is 5.32 Å². The molecule has 7 unspecified atom stereocenters. The number of amides is 1. The molecule has 0 radical (unpaired) electrons. The minimum atomic E-state index is -5.08. The van der Waals surface area contributed by atoms with Crippen LogP contribution in [0, 0.1) is 0 Å². The topological polar surface area (TPSA) is 192 Å². The van der Waals surface area contributed by atoms with Crippen LogP contribution in [0.2, 0.25) is 0 Å². The van der Waals surface area contributed by atoms with Crippen LogP contribution >= 0.6 is 0 Å². The number of aliphatic hydroxyl groups excluding tert-OH is 4. The summed E-state index contributed by atoms with van der Waals surface area (Å²) in [5, 5.41) is 44.7. The molecule has 0 aliphatic carbocycles. The number of aliphatic hydroxyl groups is 4. The van der Waals surface area contributed by atoms with Gasteiger partial charge in [-0.1, -0.05) is 179 Å². The largest absolute Gasteiger partial charge is 0.397 e. The summed E-state index contributed by atoms with van der Waals surface area (Å²) in [4.78, 5) is 13.0. The molecule has 59 heavy (non-hydrogen) atoms. The second-order valence-corrected chi connectivity index (χ2v) is 17.7. The fraction of sp³-hybridized carbons (Fsp3) is 0.891. The highest BCUT2D eigenvalue weighted by Crippen LogP contribution is 2.26. The Labute approximate surface area is 359 Å². The zero-order chi connectivity index (χ0) is 43.4. The molecule has 6 N–H and O–H groups in total. The highest BCUT2D eigenvalue weighted by molar-refractivity contribution is 7.80. The second-order valence-electron chi connectivity index (χ2n) is 16.7. The van der Waals surface area contributed by atoms with Gasteiger partial charge in [-0.2, -0.15) is 8.42 Å². The van der Waals surface area contributed by atoms with Crippen molar-refractivity contribution in [1.82, 2.24) is 5.32 Å². The van der Waals surface area contributed by atoms with E-state index in [2.05, 4.69) is 35.5 Å². The number of carbonyl (C=O) groups is 1. The predicted molar refractivity (Wildman–Crippen MR) is 236 cm³/mol. The molecule has 1 amide bonds. The Kier molecular flexibility index (Phi) is 35.0. The summed E-state index contributed by atoms with van der Waals surface area (Å²) in [6.45, 7) is 3.37. The fourth-order valence-electron chi connectivity index (χ4n) is 7.51. The van der Waals surface area contributed by atoms with Crippen molar-refractivity contribution in [2.45, 2.75) is 249 Å². The number of rotatable bonds is 40. The van der Waals surface area contributed by atoms with E-state index in [1.807, 2.05) is 6.08 Å². The zero-order valence-electron chi connectivity index (χ0n) is 37.1. The summed E-state index contributed by atoms with van der Waals surface area (Å²) >= 11 is 0. The molecule has 13 heteroatoms. The van der Waals surface area contributed by atoms with E-state index in [1.54, 1.807) is 6.08 Å². The molecule has 0 spiro atoms. The summed E-state index contributed by atoms with van der Waals surface area (Å²) in [7, 11) is -5.08. The molecular formula is C46H87NO11S. The number of unbranched alkanes of at least 4 members (excludes halogenated alkanes) is 26. The minimum absolute atomic E-state index is 0.265. The Bertz CT molecular complexity index is 1150. The summed E-state index contributed by atoms with van der Waals surface area (Å²) in [5.41, 5.74) is 0. The van der Waals surface area contributed by atoms with Crippen LogP contribution in [0.25, 0.3) is 0 Å². The minimum Gasteiger partial charge on any atom is -0.394 e. The Morgan fingerprint density at radius 2 is 1.08 bits per heavy atom. The Morgan fingerprint density at radius 1 is 0.661 bits per heavy atom. The molecule has 1 rings (SSSR count). The molecule has 1 heterocycles. The van der Waals surface area contributed by atoms with E-state index in [0.29, 0.717) is 6.42 Å². The van der Waals surface area contributed by atoms with Crippen LogP contribution in [0.5, 0.6) is 0 Å².